The van der Waals surface area contributed by atoms with Crippen LogP contribution < -0.4 is 4.74 Å². The van der Waals surface area contributed by atoms with Gasteiger partial charge in [0.25, 0.3) is 0 Å². The van der Waals surface area contributed by atoms with Crippen molar-refractivity contribution in [1.82, 2.24) is 4.98 Å². The standard InChI is InChI=1S/C12H8BrClFNO2/c13-8-4-9(14)11(5-10(8)15)18-12-3-7(6-17)1-2-16-12/h1-5,17H,6H2. The van der Waals surface area contributed by atoms with E-state index >= 15 is 0 Å². The maximum atomic E-state index is 13.4. The van der Waals surface area contributed by atoms with Gasteiger partial charge in [-0.3, -0.25) is 0 Å². The lowest BCUT2D eigenvalue weighted by atomic mass is 10.3. The van der Waals surface area contributed by atoms with Gasteiger partial charge in [0.15, 0.2) is 5.75 Å². The van der Waals surface area contributed by atoms with Gasteiger partial charge in [-0.2, -0.15) is 0 Å². The number of aliphatic hydroxyl groups excluding tert-OH is 1. The third kappa shape index (κ3) is 2.98. The van der Waals surface area contributed by atoms with Gasteiger partial charge >= 0.3 is 0 Å². The molecule has 0 aliphatic carbocycles. The van der Waals surface area contributed by atoms with E-state index in [4.69, 9.17) is 21.4 Å². The molecule has 1 N–H and O–H groups in total. The zero-order valence-electron chi connectivity index (χ0n) is 9.03. The number of aromatic nitrogens is 1. The van der Waals surface area contributed by atoms with Crippen molar-refractivity contribution in [3.05, 3.63) is 51.3 Å². The summed E-state index contributed by atoms with van der Waals surface area (Å²) in [6, 6.07) is 5.77. The van der Waals surface area contributed by atoms with Crippen LogP contribution in [-0.4, -0.2) is 10.1 Å². The second kappa shape index (κ2) is 5.65. The van der Waals surface area contributed by atoms with E-state index < -0.39 is 5.82 Å². The van der Waals surface area contributed by atoms with Gasteiger partial charge in [-0.25, -0.2) is 9.37 Å². The van der Waals surface area contributed by atoms with E-state index in [1.807, 2.05) is 0 Å². The van der Waals surface area contributed by atoms with Crippen molar-refractivity contribution < 1.29 is 14.2 Å². The number of rotatable bonds is 3. The van der Waals surface area contributed by atoms with Crippen LogP contribution in [0.4, 0.5) is 4.39 Å². The Bertz CT molecular complexity index is 580. The van der Waals surface area contributed by atoms with Crippen LogP contribution in [0.15, 0.2) is 34.9 Å². The molecule has 0 bridgehead atoms. The third-order valence-electron chi connectivity index (χ3n) is 2.17. The van der Waals surface area contributed by atoms with E-state index in [-0.39, 0.29) is 27.7 Å². The number of aliphatic hydroxyl groups is 1. The van der Waals surface area contributed by atoms with Gasteiger partial charge in [0, 0.05) is 18.3 Å². The van der Waals surface area contributed by atoms with Gasteiger partial charge in [0.05, 0.1) is 16.1 Å². The first-order valence-corrected chi connectivity index (χ1v) is 6.15. The fraction of sp³-hybridized carbons (Fsp3) is 0.0833. The molecule has 1 aromatic heterocycles. The van der Waals surface area contributed by atoms with Crippen molar-refractivity contribution in [3.8, 4) is 11.6 Å². The van der Waals surface area contributed by atoms with E-state index in [1.54, 1.807) is 12.1 Å². The van der Waals surface area contributed by atoms with E-state index in [0.29, 0.717) is 5.56 Å². The predicted octanol–water partition coefficient (Wildman–Crippen LogP) is 3.92. The molecule has 6 heteroatoms. The minimum absolute atomic E-state index is 0.124. The summed E-state index contributed by atoms with van der Waals surface area (Å²) in [6.45, 7) is -0.124. The van der Waals surface area contributed by atoms with Gasteiger partial charge < -0.3 is 9.84 Å². The van der Waals surface area contributed by atoms with Crippen LogP contribution in [-0.2, 0) is 6.61 Å². The maximum absolute atomic E-state index is 13.4. The topological polar surface area (TPSA) is 42.4 Å². The van der Waals surface area contributed by atoms with Crippen LogP contribution in [0.25, 0.3) is 0 Å². The summed E-state index contributed by atoms with van der Waals surface area (Å²) in [5.74, 6) is -0.0714. The molecule has 1 heterocycles. The Kier molecular flexibility index (Phi) is 4.16. The summed E-state index contributed by atoms with van der Waals surface area (Å²) < 4.78 is 19.0. The average molecular weight is 333 g/mol. The van der Waals surface area contributed by atoms with Crippen molar-refractivity contribution in [1.29, 1.82) is 0 Å². The molecule has 0 aliphatic heterocycles. The highest BCUT2D eigenvalue weighted by atomic mass is 79.9. The molecule has 0 aliphatic rings. The van der Waals surface area contributed by atoms with Gasteiger partial charge in [-0.15, -0.1) is 0 Å². The third-order valence-corrected chi connectivity index (χ3v) is 3.07. The van der Waals surface area contributed by atoms with Crippen LogP contribution in [0, 0.1) is 5.82 Å². The highest BCUT2D eigenvalue weighted by Gasteiger charge is 2.09. The molecule has 0 spiro atoms. The lowest BCUT2D eigenvalue weighted by Gasteiger charge is -2.08. The van der Waals surface area contributed by atoms with E-state index in [1.165, 1.54) is 18.3 Å². The largest absolute Gasteiger partial charge is 0.437 e. The molecule has 94 valence electrons. The molecule has 0 saturated carbocycles. The van der Waals surface area contributed by atoms with Gasteiger partial charge in [0.2, 0.25) is 5.88 Å². The lowest BCUT2D eigenvalue weighted by Crippen LogP contribution is -1.92. The van der Waals surface area contributed by atoms with Gasteiger partial charge in [-0.1, -0.05) is 11.6 Å². The average Bonchev–Trinajstić information content (AvgIpc) is 2.36. The number of hydrogen-bond acceptors (Lipinski definition) is 3. The van der Waals surface area contributed by atoms with E-state index in [2.05, 4.69) is 20.9 Å². The Hall–Kier alpha value is -1.17. The summed E-state index contributed by atoms with van der Waals surface area (Å²) in [5, 5.41) is 9.25. The van der Waals surface area contributed by atoms with Crippen LogP contribution in [0.5, 0.6) is 11.6 Å². The number of pyridine rings is 1. The van der Waals surface area contributed by atoms with Crippen molar-refractivity contribution in [2.45, 2.75) is 6.61 Å². The molecule has 2 rings (SSSR count). The quantitative estimate of drug-likeness (QED) is 0.866. The van der Waals surface area contributed by atoms with Crippen LogP contribution in [0.1, 0.15) is 5.56 Å². The molecular formula is C12H8BrClFNO2. The number of halogens is 3. The lowest BCUT2D eigenvalue weighted by molar-refractivity contribution is 0.281. The molecule has 2 aromatic rings. The van der Waals surface area contributed by atoms with Crippen molar-refractivity contribution in [2.24, 2.45) is 0 Å². The van der Waals surface area contributed by atoms with Gasteiger partial charge in [0.1, 0.15) is 5.82 Å². The van der Waals surface area contributed by atoms with Gasteiger partial charge in [-0.05, 0) is 33.6 Å². The predicted molar refractivity (Wildman–Crippen MR) is 69.3 cm³/mol. The molecule has 0 amide bonds. The Morgan fingerprint density at radius 2 is 2.17 bits per heavy atom. The van der Waals surface area contributed by atoms with Crippen LogP contribution in [0.2, 0.25) is 5.02 Å². The highest BCUT2D eigenvalue weighted by Crippen LogP contribution is 2.33. The van der Waals surface area contributed by atoms with Crippen molar-refractivity contribution in [2.75, 3.05) is 0 Å². The first kappa shape index (κ1) is 13.3. The minimum Gasteiger partial charge on any atom is -0.437 e. The Morgan fingerprint density at radius 3 is 2.89 bits per heavy atom. The zero-order valence-corrected chi connectivity index (χ0v) is 11.4. The molecule has 18 heavy (non-hydrogen) atoms. The number of nitrogens with zero attached hydrogens (tertiary/aromatic N) is 1. The second-order valence-electron chi connectivity index (χ2n) is 3.46. The summed E-state index contributed by atoms with van der Waals surface area (Å²) in [4.78, 5) is 3.95. The molecule has 0 radical (unpaired) electrons. The normalized spacial score (nSPS) is 10.4. The smallest absolute Gasteiger partial charge is 0.219 e. The van der Waals surface area contributed by atoms with Crippen molar-refractivity contribution >= 4 is 27.5 Å². The molecule has 0 saturated heterocycles. The molecule has 0 fully saturated rings. The summed E-state index contributed by atoms with van der Waals surface area (Å²) in [6.07, 6.45) is 1.49. The number of ether oxygens (including phenoxy) is 1. The summed E-state index contributed by atoms with van der Waals surface area (Å²) in [5.41, 5.74) is 0.647. The molecule has 0 unspecified atom stereocenters. The number of hydrogen-bond donors (Lipinski definition) is 1. The fourth-order valence-corrected chi connectivity index (χ4v) is 1.98. The van der Waals surface area contributed by atoms with Crippen LogP contribution >= 0.6 is 27.5 Å². The molecule has 0 atom stereocenters. The Balaban J connectivity index is 2.30. The molecular weight excluding hydrogens is 324 g/mol. The first-order valence-electron chi connectivity index (χ1n) is 4.98. The first-order chi connectivity index (χ1) is 8.60. The molecule has 3 nitrogen and oxygen atoms in total. The number of benzene rings is 1. The SMILES string of the molecule is OCc1ccnc(Oc2cc(F)c(Br)cc2Cl)c1. The minimum atomic E-state index is -0.479. The summed E-state index contributed by atoms with van der Waals surface area (Å²) >= 11 is 8.95. The Labute approximate surface area is 116 Å². The van der Waals surface area contributed by atoms with E-state index in [0.717, 1.165) is 0 Å². The molecule has 1 aromatic carbocycles. The zero-order chi connectivity index (χ0) is 13.1. The van der Waals surface area contributed by atoms with Crippen LogP contribution in [0.3, 0.4) is 0 Å². The monoisotopic (exact) mass is 331 g/mol. The fourth-order valence-electron chi connectivity index (χ4n) is 1.30. The second-order valence-corrected chi connectivity index (χ2v) is 4.72. The van der Waals surface area contributed by atoms with E-state index in [9.17, 15) is 4.39 Å². The highest BCUT2D eigenvalue weighted by molar-refractivity contribution is 9.10. The summed E-state index contributed by atoms with van der Waals surface area (Å²) in [7, 11) is 0. The Morgan fingerprint density at radius 1 is 1.39 bits per heavy atom. The van der Waals surface area contributed by atoms with Crippen molar-refractivity contribution in [3.63, 3.8) is 0 Å². The maximum Gasteiger partial charge on any atom is 0.219 e.